The Kier molecular flexibility index (Phi) is 5.82. The summed E-state index contributed by atoms with van der Waals surface area (Å²) in [5.41, 5.74) is 13.0. The first-order valence-corrected chi connectivity index (χ1v) is 18.0. The molecular weight excluding hydrogens is 613 g/mol. The van der Waals surface area contributed by atoms with E-state index in [1.807, 2.05) is 0 Å². The van der Waals surface area contributed by atoms with Gasteiger partial charge in [0.05, 0.1) is 0 Å². The fraction of sp³-hybridized carbons (Fsp3) is 0.0588. The van der Waals surface area contributed by atoms with Gasteiger partial charge in [-0.3, -0.25) is 0 Å². The molecule has 0 aromatic heterocycles. The Bertz CT molecular complexity index is 2960. The zero-order valence-electron chi connectivity index (χ0n) is 28.7. The molecular formula is C51H34. The molecule has 0 spiro atoms. The number of benzene rings is 10. The van der Waals surface area contributed by atoms with Crippen LogP contribution in [0.2, 0.25) is 0 Å². The Balaban J connectivity index is 1.09. The summed E-state index contributed by atoms with van der Waals surface area (Å²) in [6.07, 6.45) is 0. The second-order valence-corrected chi connectivity index (χ2v) is 14.8. The second kappa shape index (κ2) is 10.4. The van der Waals surface area contributed by atoms with Crippen LogP contribution in [-0.2, 0) is 5.41 Å². The molecule has 11 rings (SSSR count). The topological polar surface area (TPSA) is 0 Å². The van der Waals surface area contributed by atoms with Crippen LogP contribution >= 0.6 is 0 Å². The molecule has 10 aromatic rings. The standard InChI is InChI=1S/C51H34/c1-51(2)45-29-35(37-25-21-34-20-19-32-13-10-14-33-22-28-44(37)50(34)47(32)33)23-26-38(45)39-27-24-36(30-46(39)51)49-42-17-8-6-15-40(42)48(31-11-4-3-5-12-31)41-16-7-9-18-43(41)49/h3-30H,1-2H3. The van der Waals surface area contributed by atoms with Crippen LogP contribution < -0.4 is 0 Å². The van der Waals surface area contributed by atoms with Crippen molar-refractivity contribution in [3.63, 3.8) is 0 Å². The molecule has 0 amide bonds. The maximum atomic E-state index is 2.49. The van der Waals surface area contributed by atoms with Gasteiger partial charge in [-0.2, -0.15) is 0 Å². The first kappa shape index (κ1) is 28.6. The van der Waals surface area contributed by atoms with Crippen LogP contribution in [0.25, 0.3) is 98.4 Å². The van der Waals surface area contributed by atoms with E-state index in [0.717, 1.165) is 0 Å². The van der Waals surface area contributed by atoms with Gasteiger partial charge in [-0.1, -0.05) is 172 Å². The van der Waals surface area contributed by atoms with Crippen LogP contribution in [0.3, 0.4) is 0 Å². The lowest BCUT2D eigenvalue weighted by Crippen LogP contribution is -2.15. The Morgan fingerprint density at radius 1 is 0.314 bits per heavy atom. The fourth-order valence-electron chi connectivity index (χ4n) is 9.40. The minimum absolute atomic E-state index is 0.157. The molecule has 0 radical (unpaired) electrons. The molecule has 0 nitrogen and oxygen atoms in total. The van der Waals surface area contributed by atoms with Gasteiger partial charge in [-0.25, -0.2) is 0 Å². The molecule has 0 N–H and O–H groups in total. The molecule has 0 aliphatic heterocycles. The van der Waals surface area contributed by atoms with Crippen molar-refractivity contribution in [2.24, 2.45) is 0 Å². The van der Waals surface area contributed by atoms with E-state index in [4.69, 9.17) is 0 Å². The molecule has 1 aliphatic carbocycles. The maximum Gasteiger partial charge on any atom is 0.0159 e. The SMILES string of the molecule is CC1(C)c2cc(-c3c4ccccc4c(-c4ccccc4)c4ccccc34)ccc2-c2ccc(-c3ccc4ccc5cccc6ccc3c4c56)cc21. The van der Waals surface area contributed by atoms with Gasteiger partial charge in [0.15, 0.2) is 0 Å². The van der Waals surface area contributed by atoms with Crippen LogP contribution in [0.15, 0.2) is 170 Å². The normalized spacial score (nSPS) is 13.5. The predicted octanol–water partition coefficient (Wildman–Crippen LogP) is 14.2. The first-order valence-electron chi connectivity index (χ1n) is 18.0. The highest BCUT2D eigenvalue weighted by atomic mass is 14.4. The van der Waals surface area contributed by atoms with Crippen molar-refractivity contribution in [1.29, 1.82) is 0 Å². The Labute approximate surface area is 297 Å². The highest BCUT2D eigenvalue weighted by molar-refractivity contribution is 6.25. The van der Waals surface area contributed by atoms with E-state index in [9.17, 15) is 0 Å². The zero-order valence-corrected chi connectivity index (χ0v) is 28.7. The van der Waals surface area contributed by atoms with E-state index < -0.39 is 0 Å². The van der Waals surface area contributed by atoms with Gasteiger partial charge in [0.1, 0.15) is 0 Å². The van der Waals surface area contributed by atoms with E-state index in [1.165, 1.54) is 109 Å². The average molecular weight is 647 g/mol. The number of hydrogen-bond donors (Lipinski definition) is 0. The van der Waals surface area contributed by atoms with Crippen molar-refractivity contribution >= 4 is 53.9 Å². The third-order valence-electron chi connectivity index (χ3n) is 11.8. The summed E-state index contributed by atoms with van der Waals surface area (Å²) >= 11 is 0. The quantitative estimate of drug-likeness (QED) is 0.132. The van der Waals surface area contributed by atoms with E-state index in [0.29, 0.717) is 0 Å². The summed E-state index contributed by atoms with van der Waals surface area (Å²) in [5, 5.41) is 13.1. The van der Waals surface area contributed by atoms with Crippen LogP contribution in [-0.4, -0.2) is 0 Å². The van der Waals surface area contributed by atoms with Gasteiger partial charge in [-0.15, -0.1) is 0 Å². The van der Waals surface area contributed by atoms with Crippen molar-refractivity contribution in [3.05, 3.63) is 181 Å². The fourth-order valence-corrected chi connectivity index (χ4v) is 9.40. The molecule has 0 bridgehead atoms. The summed E-state index contributed by atoms with van der Waals surface area (Å²) < 4.78 is 0. The molecule has 238 valence electrons. The number of fused-ring (bicyclic) bond motifs is 5. The Morgan fingerprint density at radius 2 is 0.784 bits per heavy atom. The molecule has 0 heterocycles. The lowest BCUT2D eigenvalue weighted by atomic mass is 9.79. The molecule has 0 heteroatoms. The summed E-state index contributed by atoms with van der Waals surface area (Å²) in [7, 11) is 0. The number of hydrogen-bond acceptors (Lipinski definition) is 0. The van der Waals surface area contributed by atoms with Crippen LogP contribution in [0.4, 0.5) is 0 Å². The van der Waals surface area contributed by atoms with E-state index in [2.05, 4.69) is 184 Å². The van der Waals surface area contributed by atoms with Crippen molar-refractivity contribution < 1.29 is 0 Å². The predicted molar refractivity (Wildman–Crippen MR) is 219 cm³/mol. The molecule has 1 aliphatic rings. The highest BCUT2D eigenvalue weighted by Gasteiger charge is 2.36. The monoisotopic (exact) mass is 646 g/mol. The number of rotatable bonds is 3. The van der Waals surface area contributed by atoms with Crippen molar-refractivity contribution in [2.45, 2.75) is 19.3 Å². The Hall–Kier alpha value is -6.24. The van der Waals surface area contributed by atoms with Gasteiger partial charge in [0.25, 0.3) is 0 Å². The third-order valence-corrected chi connectivity index (χ3v) is 11.8. The molecule has 10 aromatic carbocycles. The lowest BCUT2D eigenvalue weighted by Gasteiger charge is -2.23. The molecule has 0 saturated heterocycles. The van der Waals surface area contributed by atoms with Crippen LogP contribution in [0, 0.1) is 0 Å². The van der Waals surface area contributed by atoms with E-state index in [-0.39, 0.29) is 5.41 Å². The molecule has 0 atom stereocenters. The molecule has 0 saturated carbocycles. The average Bonchev–Trinajstić information content (AvgIpc) is 3.41. The zero-order chi connectivity index (χ0) is 33.8. The van der Waals surface area contributed by atoms with E-state index >= 15 is 0 Å². The molecule has 0 unspecified atom stereocenters. The summed E-state index contributed by atoms with van der Waals surface area (Å²) in [5.74, 6) is 0. The smallest absolute Gasteiger partial charge is 0.0159 e. The van der Waals surface area contributed by atoms with Gasteiger partial charge in [-0.05, 0) is 122 Å². The second-order valence-electron chi connectivity index (χ2n) is 14.8. The maximum absolute atomic E-state index is 2.49. The minimum Gasteiger partial charge on any atom is -0.0622 e. The van der Waals surface area contributed by atoms with Crippen molar-refractivity contribution in [1.82, 2.24) is 0 Å². The summed E-state index contributed by atoms with van der Waals surface area (Å²) in [4.78, 5) is 0. The minimum atomic E-state index is -0.157. The van der Waals surface area contributed by atoms with Crippen molar-refractivity contribution in [2.75, 3.05) is 0 Å². The van der Waals surface area contributed by atoms with Gasteiger partial charge >= 0.3 is 0 Å². The van der Waals surface area contributed by atoms with Crippen molar-refractivity contribution in [3.8, 4) is 44.5 Å². The summed E-state index contributed by atoms with van der Waals surface area (Å²) in [6, 6.07) is 63.6. The molecule has 51 heavy (non-hydrogen) atoms. The van der Waals surface area contributed by atoms with E-state index in [1.54, 1.807) is 0 Å². The van der Waals surface area contributed by atoms with Gasteiger partial charge in [0.2, 0.25) is 0 Å². The largest absolute Gasteiger partial charge is 0.0622 e. The van der Waals surface area contributed by atoms with Gasteiger partial charge < -0.3 is 0 Å². The van der Waals surface area contributed by atoms with Crippen LogP contribution in [0.1, 0.15) is 25.0 Å². The van der Waals surface area contributed by atoms with Gasteiger partial charge in [0, 0.05) is 5.41 Å². The lowest BCUT2D eigenvalue weighted by molar-refractivity contribution is 0.661. The summed E-state index contributed by atoms with van der Waals surface area (Å²) in [6.45, 7) is 4.81. The Morgan fingerprint density at radius 3 is 1.41 bits per heavy atom. The highest BCUT2D eigenvalue weighted by Crippen LogP contribution is 2.52. The third kappa shape index (κ3) is 3.96. The molecule has 0 fully saturated rings. The van der Waals surface area contributed by atoms with Crippen LogP contribution in [0.5, 0.6) is 0 Å². The first-order chi connectivity index (χ1) is 25.1.